The second kappa shape index (κ2) is 8.10. The van der Waals surface area contributed by atoms with Gasteiger partial charge in [-0.1, -0.05) is 13.8 Å². The molecule has 2 fully saturated rings. The lowest BCUT2D eigenvalue weighted by molar-refractivity contribution is 0.403. The maximum absolute atomic E-state index is 5.50. The molecule has 148 valence electrons. The van der Waals surface area contributed by atoms with Gasteiger partial charge < -0.3 is 15.4 Å². The Kier molecular flexibility index (Phi) is 5.38. The predicted octanol–water partition coefficient (Wildman–Crippen LogP) is 2.87. The van der Waals surface area contributed by atoms with E-state index in [1.807, 2.05) is 32.3 Å². The lowest BCUT2D eigenvalue weighted by Crippen LogP contribution is -2.23. The topological polar surface area (TPSA) is 89.3 Å². The van der Waals surface area contributed by atoms with E-state index < -0.39 is 0 Å². The van der Waals surface area contributed by atoms with Gasteiger partial charge in [0.25, 0.3) is 0 Å². The van der Waals surface area contributed by atoms with E-state index >= 15 is 0 Å². The van der Waals surface area contributed by atoms with Crippen LogP contribution in [0.15, 0.2) is 24.7 Å². The molecule has 0 aromatic carbocycles. The number of fused-ring (bicyclic) bond motifs is 1. The zero-order valence-electron chi connectivity index (χ0n) is 16.6. The first-order valence-electron chi connectivity index (χ1n) is 10.0. The molecule has 0 radical (unpaired) electrons. The molecule has 8 nitrogen and oxygen atoms in total. The highest BCUT2D eigenvalue weighted by atomic mass is 16.5. The first-order valence-corrected chi connectivity index (χ1v) is 10.0. The van der Waals surface area contributed by atoms with Crippen LogP contribution in [0.5, 0.6) is 5.75 Å². The third-order valence-corrected chi connectivity index (χ3v) is 5.00. The van der Waals surface area contributed by atoms with Crippen molar-refractivity contribution in [3.05, 3.63) is 30.4 Å². The minimum absolute atomic E-state index is 0.373. The predicted molar refractivity (Wildman–Crippen MR) is 109 cm³/mol. The van der Waals surface area contributed by atoms with E-state index in [0.29, 0.717) is 17.9 Å². The molecule has 8 heteroatoms. The highest BCUT2D eigenvalue weighted by Crippen LogP contribution is 2.43. The monoisotopic (exact) mass is 381 g/mol. The average molecular weight is 381 g/mol. The van der Waals surface area contributed by atoms with Crippen LogP contribution in [0.25, 0.3) is 16.9 Å². The Balaban J connectivity index is 0.000000932. The fourth-order valence-corrected chi connectivity index (χ4v) is 3.43. The molecule has 3 aromatic rings. The Morgan fingerprint density at radius 1 is 1.21 bits per heavy atom. The van der Waals surface area contributed by atoms with Crippen molar-refractivity contribution >= 4 is 11.6 Å². The molecule has 1 saturated carbocycles. The number of nitrogens with zero attached hydrogens (tertiary/aromatic N) is 5. The van der Waals surface area contributed by atoms with Crippen LogP contribution in [0.1, 0.15) is 44.7 Å². The van der Waals surface area contributed by atoms with Crippen LogP contribution in [0.3, 0.4) is 0 Å². The fourth-order valence-electron chi connectivity index (χ4n) is 3.43. The number of ether oxygens (including phenoxy) is 1. The van der Waals surface area contributed by atoms with Crippen molar-refractivity contribution < 1.29 is 4.74 Å². The zero-order valence-corrected chi connectivity index (χ0v) is 16.6. The molecule has 1 aliphatic carbocycles. The molecule has 1 atom stereocenters. The Morgan fingerprint density at radius 3 is 2.79 bits per heavy atom. The van der Waals surface area contributed by atoms with Crippen molar-refractivity contribution in [3.8, 4) is 17.0 Å². The summed E-state index contributed by atoms with van der Waals surface area (Å²) in [5.41, 5.74) is 3.55. The third kappa shape index (κ3) is 3.64. The highest BCUT2D eigenvalue weighted by molar-refractivity contribution is 5.75. The summed E-state index contributed by atoms with van der Waals surface area (Å²) in [6.07, 6.45) is 8.91. The van der Waals surface area contributed by atoms with Gasteiger partial charge in [-0.15, -0.1) is 0 Å². The van der Waals surface area contributed by atoms with E-state index in [1.165, 1.54) is 12.8 Å². The number of hydrogen-bond donors (Lipinski definition) is 2. The van der Waals surface area contributed by atoms with Gasteiger partial charge in [-0.25, -0.2) is 19.5 Å². The smallest absolute Gasteiger partial charge is 0.223 e. The SMILES string of the molecule is CC.COc1cn2ncc(-c3ccnc(NC4CCNC4)n3)c2nc1C1CC1. The maximum Gasteiger partial charge on any atom is 0.223 e. The van der Waals surface area contributed by atoms with E-state index in [2.05, 4.69) is 25.7 Å². The Hall–Kier alpha value is -2.74. The number of aromatic nitrogens is 5. The van der Waals surface area contributed by atoms with Gasteiger partial charge in [0, 0.05) is 24.7 Å². The van der Waals surface area contributed by atoms with Gasteiger partial charge in [-0.3, -0.25) is 0 Å². The van der Waals surface area contributed by atoms with Crippen LogP contribution in [-0.4, -0.2) is 50.8 Å². The molecule has 1 aliphatic heterocycles. The molecule has 3 aromatic heterocycles. The van der Waals surface area contributed by atoms with Gasteiger partial charge in [-0.2, -0.15) is 5.10 Å². The van der Waals surface area contributed by atoms with Crippen molar-refractivity contribution in [2.75, 3.05) is 25.5 Å². The molecule has 5 rings (SSSR count). The summed E-state index contributed by atoms with van der Waals surface area (Å²) in [7, 11) is 1.68. The number of nitrogens with one attached hydrogen (secondary N) is 2. The van der Waals surface area contributed by atoms with E-state index in [-0.39, 0.29) is 0 Å². The summed E-state index contributed by atoms with van der Waals surface area (Å²) >= 11 is 0. The van der Waals surface area contributed by atoms with Gasteiger partial charge in [0.15, 0.2) is 11.4 Å². The Bertz CT molecular complexity index is 945. The molecule has 1 saturated heterocycles. The average Bonchev–Trinajstić information content (AvgIpc) is 3.30. The second-order valence-electron chi connectivity index (χ2n) is 6.89. The number of rotatable bonds is 5. The minimum Gasteiger partial charge on any atom is -0.493 e. The molecule has 4 heterocycles. The molecule has 0 spiro atoms. The molecule has 2 aliphatic rings. The molecule has 1 unspecified atom stereocenters. The van der Waals surface area contributed by atoms with Crippen LogP contribution in [0.2, 0.25) is 0 Å². The third-order valence-electron chi connectivity index (χ3n) is 5.00. The maximum atomic E-state index is 5.50. The second-order valence-corrected chi connectivity index (χ2v) is 6.89. The van der Waals surface area contributed by atoms with E-state index in [4.69, 9.17) is 9.72 Å². The molecular formula is C20H27N7O. The van der Waals surface area contributed by atoms with Crippen molar-refractivity contribution in [2.45, 2.75) is 45.1 Å². The Morgan fingerprint density at radius 2 is 2.07 bits per heavy atom. The Labute approximate surface area is 164 Å². The molecule has 28 heavy (non-hydrogen) atoms. The molecule has 0 bridgehead atoms. The zero-order chi connectivity index (χ0) is 19.5. The van der Waals surface area contributed by atoms with Crippen LogP contribution < -0.4 is 15.4 Å². The number of hydrogen-bond acceptors (Lipinski definition) is 7. The first-order chi connectivity index (χ1) is 13.8. The minimum atomic E-state index is 0.373. The summed E-state index contributed by atoms with van der Waals surface area (Å²) in [4.78, 5) is 13.9. The van der Waals surface area contributed by atoms with Gasteiger partial charge in [0.1, 0.15) is 0 Å². The lowest BCUT2D eigenvalue weighted by Gasteiger charge is -2.11. The van der Waals surface area contributed by atoms with E-state index in [1.54, 1.807) is 17.8 Å². The van der Waals surface area contributed by atoms with Crippen LogP contribution in [0.4, 0.5) is 5.95 Å². The summed E-state index contributed by atoms with van der Waals surface area (Å²) in [6, 6.07) is 2.27. The number of methoxy groups -OCH3 is 1. The van der Waals surface area contributed by atoms with Gasteiger partial charge in [0.2, 0.25) is 5.95 Å². The van der Waals surface area contributed by atoms with E-state index in [9.17, 15) is 0 Å². The van der Waals surface area contributed by atoms with Crippen molar-refractivity contribution in [2.24, 2.45) is 0 Å². The summed E-state index contributed by atoms with van der Waals surface area (Å²) in [5, 5.41) is 11.2. The van der Waals surface area contributed by atoms with Gasteiger partial charge in [-0.05, 0) is 31.9 Å². The van der Waals surface area contributed by atoms with Gasteiger partial charge in [0.05, 0.1) is 36.5 Å². The summed E-state index contributed by atoms with van der Waals surface area (Å²) in [5.74, 6) is 1.94. The van der Waals surface area contributed by atoms with Gasteiger partial charge >= 0.3 is 0 Å². The van der Waals surface area contributed by atoms with Crippen molar-refractivity contribution in [1.29, 1.82) is 0 Å². The van der Waals surface area contributed by atoms with Crippen molar-refractivity contribution in [1.82, 2.24) is 29.9 Å². The van der Waals surface area contributed by atoms with Crippen LogP contribution in [-0.2, 0) is 0 Å². The quantitative estimate of drug-likeness (QED) is 0.702. The molecule has 0 amide bonds. The molecule has 2 N–H and O–H groups in total. The first kappa shape index (κ1) is 18.6. The largest absolute Gasteiger partial charge is 0.493 e. The van der Waals surface area contributed by atoms with Crippen LogP contribution in [0, 0.1) is 0 Å². The van der Waals surface area contributed by atoms with Crippen LogP contribution >= 0.6 is 0 Å². The fraction of sp³-hybridized carbons (Fsp3) is 0.500. The van der Waals surface area contributed by atoms with E-state index in [0.717, 1.165) is 47.9 Å². The summed E-state index contributed by atoms with van der Waals surface area (Å²) in [6.45, 7) is 5.97. The standard InChI is InChI=1S/C18H21N7O.C2H6/c1-26-15-10-25-17(24-16(15)11-2-3-11)13(9-21-25)14-5-7-20-18(23-14)22-12-4-6-19-8-12;1-2/h5,7,9-12,19H,2-4,6,8H2,1H3,(H,20,22,23);1-2H3. The number of anilines is 1. The summed E-state index contributed by atoms with van der Waals surface area (Å²) < 4.78 is 7.26. The lowest BCUT2D eigenvalue weighted by atomic mass is 10.2. The van der Waals surface area contributed by atoms with Crippen molar-refractivity contribution in [3.63, 3.8) is 0 Å². The normalized spacial score (nSPS) is 18.6. The highest BCUT2D eigenvalue weighted by Gasteiger charge is 2.29. The molecular weight excluding hydrogens is 354 g/mol.